The van der Waals surface area contributed by atoms with E-state index < -0.39 is 24.3 Å². The van der Waals surface area contributed by atoms with Crippen LogP contribution in [0.15, 0.2) is 122 Å². The number of quaternary nitrogens is 1. The van der Waals surface area contributed by atoms with Crippen molar-refractivity contribution >= 4 is 17.9 Å². The van der Waals surface area contributed by atoms with E-state index in [2.05, 4.69) is 135 Å². The van der Waals surface area contributed by atoms with Crippen molar-refractivity contribution in [1.82, 2.24) is 0 Å². The number of carbonyl (C=O) groups excluding carboxylic acids is 2. The summed E-state index contributed by atoms with van der Waals surface area (Å²) in [6, 6.07) is 0. The molecule has 0 radical (unpaired) electrons. The Balaban J connectivity index is 4.07. The van der Waals surface area contributed by atoms with Gasteiger partial charge in [-0.05, 0) is 109 Å². The van der Waals surface area contributed by atoms with Crippen LogP contribution < -0.4 is 0 Å². The van der Waals surface area contributed by atoms with E-state index in [9.17, 15) is 19.5 Å². The second-order valence-corrected chi connectivity index (χ2v) is 26.9. The van der Waals surface area contributed by atoms with Crippen LogP contribution in [0.2, 0.25) is 0 Å². The van der Waals surface area contributed by atoms with Crippen LogP contribution in [0, 0.1) is 0 Å². The molecule has 2 atom stereocenters. The largest absolute Gasteiger partial charge is 0.477 e. The maximum atomic E-state index is 13.0. The van der Waals surface area contributed by atoms with Crippen LogP contribution in [0.4, 0.5) is 0 Å². The molecule has 1 N–H and O–H groups in total. The molecule has 0 amide bonds. The molecular formula is C84H146NO8+. The highest BCUT2D eigenvalue weighted by Crippen LogP contribution is 2.18. The average molecular weight is 1300 g/mol. The monoisotopic (exact) mass is 1300 g/mol. The topological polar surface area (TPSA) is 108 Å². The Kier molecular flexibility index (Phi) is 70.1. The predicted molar refractivity (Wildman–Crippen MR) is 401 cm³/mol. The Morgan fingerprint density at radius 1 is 0.333 bits per heavy atom. The first-order valence-electron chi connectivity index (χ1n) is 38.7. The molecule has 0 aliphatic heterocycles. The third-order valence-corrected chi connectivity index (χ3v) is 16.7. The molecule has 9 heteroatoms. The lowest BCUT2D eigenvalue weighted by atomic mass is 10.0. The molecule has 0 aromatic heterocycles. The fourth-order valence-corrected chi connectivity index (χ4v) is 10.8. The highest BCUT2D eigenvalue weighted by atomic mass is 16.7. The van der Waals surface area contributed by atoms with Crippen molar-refractivity contribution in [3.63, 3.8) is 0 Å². The molecule has 0 spiro atoms. The second-order valence-electron chi connectivity index (χ2n) is 26.9. The van der Waals surface area contributed by atoms with E-state index >= 15 is 0 Å². The Labute approximate surface area is 574 Å². The quantitative estimate of drug-likeness (QED) is 0.0211. The summed E-state index contributed by atoms with van der Waals surface area (Å²) in [5.74, 6) is -2.00. The van der Waals surface area contributed by atoms with Crippen molar-refractivity contribution in [2.45, 2.75) is 347 Å². The zero-order chi connectivity index (χ0) is 67.5. The van der Waals surface area contributed by atoms with Crippen molar-refractivity contribution in [3.8, 4) is 0 Å². The summed E-state index contributed by atoms with van der Waals surface area (Å²) in [7, 11) is 5.98. The van der Waals surface area contributed by atoms with E-state index in [1.165, 1.54) is 205 Å². The molecular weight excluding hydrogens is 1150 g/mol. The summed E-state index contributed by atoms with van der Waals surface area (Å²) >= 11 is 0. The SMILES string of the molecule is CC/C=C\C/C=C\C/C=C\C/C=C\C/C=C\C/C=C\C/C=C\CCCCCCCCCCCCCCCC(=O)OC(COC(=O)CCCCCCCCCCCCCCCCCCCC/C=C\C/C=C\C/C=C\CCCCCCC)COC(OCC[N+](C)(C)C)C(=O)O. The van der Waals surface area contributed by atoms with E-state index in [4.69, 9.17) is 18.9 Å². The van der Waals surface area contributed by atoms with E-state index in [0.717, 1.165) is 96.3 Å². The van der Waals surface area contributed by atoms with Gasteiger partial charge in [0.15, 0.2) is 6.10 Å². The summed E-state index contributed by atoms with van der Waals surface area (Å²) < 4.78 is 23.0. The highest BCUT2D eigenvalue weighted by Gasteiger charge is 2.25. The maximum absolute atomic E-state index is 13.0. The van der Waals surface area contributed by atoms with Crippen molar-refractivity contribution in [1.29, 1.82) is 0 Å². The number of allylic oxidation sites excluding steroid dienone is 20. The zero-order valence-electron chi connectivity index (χ0n) is 61.1. The molecule has 0 heterocycles. The number of carboxylic acids is 1. The Morgan fingerprint density at radius 3 is 0.914 bits per heavy atom. The third-order valence-electron chi connectivity index (χ3n) is 16.7. The van der Waals surface area contributed by atoms with Gasteiger partial charge in [-0.25, -0.2) is 4.79 Å². The summed E-state index contributed by atoms with van der Waals surface area (Å²) in [4.78, 5) is 37.7. The smallest absolute Gasteiger partial charge is 0.361 e. The predicted octanol–water partition coefficient (Wildman–Crippen LogP) is 24.7. The molecule has 0 saturated heterocycles. The lowest BCUT2D eigenvalue weighted by molar-refractivity contribution is -0.870. The number of esters is 2. The third kappa shape index (κ3) is 74.9. The van der Waals surface area contributed by atoms with Crippen LogP contribution in [0.25, 0.3) is 0 Å². The number of aliphatic carboxylic acids is 1. The number of ether oxygens (including phenoxy) is 4. The van der Waals surface area contributed by atoms with Crippen molar-refractivity contribution in [2.24, 2.45) is 0 Å². The highest BCUT2D eigenvalue weighted by molar-refractivity contribution is 5.71. The van der Waals surface area contributed by atoms with Gasteiger partial charge in [0.05, 0.1) is 34.4 Å². The first-order chi connectivity index (χ1) is 45.6. The van der Waals surface area contributed by atoms with Crippen molar-refractivity contribution in [3.05, 3.63) is 122 Å². The molecule has 9 nitrogen and oxygen atoms in total. The summed E-state index contributed by atoms with van der Waals surface area (Å²) in [5.41, 5.74) is 0. The van der Waals surface area contributed by atoms with Gasteiger partial charge in [0, 0.05) is 12.8 Å². The molecule has 0 fully saturated rings. The fraction of sp³-hybridized carbons (Fsp3) is 0.726. The molecule has 0 aliphatic carbocycles. The maximum Gasteiger partial charge on any atom is 0.361 e. The molecule has 534 valence electrons. The van der Waals surface area contributed by atoms with Crippen LogP contribution >= 0.6 is 0 Å². The lowest BCUT2D eigenvalue weighted by Crippen LogP contribution is -2.40. The van der Waals surface area contributed by atoms with Crippen LogP contribution in [0.3, 0.4) is 0 Å². The standard InChI is InChI=1S/C84H145NO8/c1-6-8-10-12-14-16-18-20-22-24-26-28-30-32-34-36-38-40-41-43-45-47-49-51-53-55-57-59-61-63-65-67-69-71-73-75-82(87)93-80(79-92-84(83(88)89)90-77-76-85(3,4)5)78-91-81(86)74-72-70-68-66-64-62-60-58-56-54-52-50-48-46-44-42-39-37-35-33-31-29-27-25-23-21-19-17-15-13-11-9-7-2/h8,10,14,16,19-22,25-28,31-34,38,40,43,45,80,84H,6-7,9,11-13,15,17-18,23-24,29-30,35-37,39,41-42,44,46-79H2,1-5H3/p+1/b10-8-,16-14-,21-19-,22-20-,27-25-,28-26-,33-31-,34-32-,40-38-,45-43-. The second kappa shape index (κ2) is 73.5. The number of hydrogen-bond donors (Lipinski definition) is 1. The van der Waals surface area contributed by atoms with Gasteiger partial charge in [0.2, 0.25) is 0 Å². The molecule has 93 heavy (non-hydrogen) atoms. The molecule has 0 aromatic rings. The summed E-state index contributed by atoms with van der Waals surface area (Å²) in [6.45, 7) is 4.78. The van der Waals surface area contributed by atoms with Crippen molar-refractivity contribution < 1.29 is 42.9 Å². The Morgan fingerprint density at radius 2 is 0.613 bits per heavy atom. The van der Waals surface area contributed by atoms with Gasteiger partial charge >= 0.3 is 17.9 Å². The number of unbranched alkanes of at least 4 members (excludes halogenated alkanes) is 36. The van der Waals surface area contributed by atoms with Crippen LogP contribution in [0.5, 0.6) is 0 Å². The zero-order valence-corrected chi connectivity index (χ0v) is 61.1. The summed E-state index contributed by atoms with van der Waals surface area (Å²) in [5, 5.41) is 9.77. The normalized spacial score (nSPS) is 13.3. The molecule has 0 rings (SSSR count). The fourth-order valence-electron chi connectivity index (χ4n) is 10.8. The van der Waals surface area contributed by atoms with Gasteiger partial charge in [-0.3, -0.25) is 9.59 Å². The number of rotatable bonds is 71. The van der Waals surface area contributed by atoms with E-state index in [0.29, 0.717) is 23.9 Å². The van der Waals surface area contributed by atoms with E-state index in [-0.39, 0.29) is 32.2 Å². The summed E-state index contributed by atoms with van der Waals surface area (Å²) in [6.07, 6.45) is 102. The Bertz CT molecular complexity index is 1950. The number of carbonyl (C=O) groups is 3. The minimum absolute atomic E-state index is 0.184. The molecule has 0 aliphatic rings. The van der Waals surface area contributed by atoms with Crippen LogP contribution in [-0.4, -0.2) is 87.4 Å². The number of hydrogen-bond acceptors (Lipinski definition) is 7. The minimum atomic E-state index is -1.52. The first-order valence-corrected chi connectivity index (χ1v) is 38.7. The van der Waals surface area contributed by atoms with E-state index in [1.807, 2.05) is 21.1 Å². The minimum Gasteiger partial charge on any atom is -0.477 e. The van der Waals surface area contributed by atoms with Gasteiger partial charge in [0.25, 0.3) is 6.29 Å². The van der Waals surface area contributed by atoms with Gasteiger partial charge in [-0.2, -0.15) is 0 Å². The van der Waals surface area contributed by atoms with Gasteiger partial charge in [-0.15, -0.1) is 0 Å². The Hall–Kier alpha value is -4.31. The number of carboxylic acid groups (broad SMARTS) is 1. The van der Waals surface area contributed by atoms with Crippen molar-refractivity contribution in [2.75, 3.05) is 47.5 Å². The van der Waals surface area contributed by atoms with Gasteiger partial charge in [-0.1, -0.05) is 334 Å². The van der Waals surface area contributed by atoms with Crippen LogP contribution in [0.1, 0.15) is 335 Å². The lowest BCUT2D eigenvalue weighted by Gasteiger charge is -2.25. The first kappa shape index (κ1) is 88.7. The van der Waals surface area contributed by atoms with Gasteiger partial charge in [0.1, 0.15) is 13.2 Å². The van der Waals surface area contributed by atoms with Crippen LogP contribution in [-0.2, 0) is 33.3 Å². The molecule has 0 aromatic carbocycles. The van der Waals surface area contributed by atoms with Gasteiger partial charge < -0.3 is 28.5 Å². The average Bonchev–Trinajstić information content (AvgIpc) is 3.74. The molecule has 0 saturated carbocycles. The number of likely N-dealkylation sites (N-methyl/N-ethyl adjacent to an activating group) is 1. The molecule has 2 unspecified atom stereocenters. The number of nitrogens with zero attached hydrogens (tertiary/aromatic N) is 1. The van der Waals surface area contributed by atoms with E-state index in [1.54, 1.807) is 0 Å². The molecule has 0 bridgehead atoms.